The highest BCUT2D eigenvalue weighted by Gasteiger charge is 2.24. The van der Waals surface area contributed by atoms with Crippen molar-refractivity contribution in [3.8, 4) is 0 Å². The summed E-state index contributed by atoms with van der Waals surface area (Å²) in [7, 11) is 0. The smallest absolute Gasteiger partial charge is 0.253 e. The molecule has 4 rings (SSSR count). The summed E-state index contributed by atoms with van der Waals surface area (Å²) in [6.07, 6.45) is 2.81. The SMILES string of the molecule is O=C(CNc1ccccc1C(=O)NC1CC1)Nc1ccccc1Cc1ccccc1. The molecule has 152 valence electrons. The van der Waals surface area contributed by atoms with Crippen molar-refractivity contribution in [2.24, 2.45) is 0 Å². The van der Waals surface area contributed by atoms with Crippen LogP contribution in [0.3, 0.4) is 0 Å². The van der Waals surface area contributed by atoms with Gasteiger partial charge in [-0.2, -0.15) is 0 Å². The Morgan fingerprint density at radius 1 is 0.800 bits per heavy atom. The summed E-state index contributed by atoms with van der Waals surface area (Å²) in [5.74, 6) is -0.262. The molecule has 1 aliphatic carbocycles. The highest BCUT2D eigenvalue weighted by atomic mass is 16.2. The fourth-order valence-corrected chi connectivity index (χ4v) is 3.31. The highest BCUT2D eigenvalue weighted by Crippen LogP contribution is 2.22. The normalized spacial score (nSPS) is 12.8. The van der Waals surface area contributed by atoms with Crippen molar-refractivity contribution in [2.45, 2.75) is 25.3 Å². The van der Waals surface area contributed by atoms with Crippen molar-refractivity contribution in [3.05, 3.63) is 95.6 Å². The molecule has 0 unspecified atom stereocenters. The maximum Gasteiger partial charge on any atom is 0.253 e. The second-order valence-corrected chi connectivity index (χ2v) is 7.51. The summed E-state index contributed by atoms with van der Waals surface area (Å²) >= 11 is 0. The third kappa shape index (κ3) is 5.26. The van der Waals surface area contributed by atoms with E-state index in [4.69, 9.17) is 0 Å². The first-order valence-electron chi connectivity index (χ1n) is 10.2. The van der Waals surface area contributed by atoms with Crippen molar-refractivity contribution in [2.75, 3.05) is 17.2 Å². The number of benzene rings is 3. The van der Waals surface area contributed by atoms with Crippen molar-refractivity contribution in [1.82, 2.24) is 5.32 Å². The Kier molecular flexibility index (Phi) is 6.09. The Labute approximate surface area is 176 Å². The number of amides is 2. The van der Waals surface area contributed by atoms with Crippen LogP contribution in [0, 0.1) is 0 Å². The van der Waals surface area contributed by atoms with Crippen molar-refractivity contribution in [1.29, 1.82) is 0 Å². The summed E-state index contributed by atoms with van der Waals surface area (Å²) in [4.78, 5) is 25.0. The average molecular weight is 399 g/mol. The lowest BCUT2D eigenvalue weighted by Gasteiger charge is -2.14. The summed E-state index contributed by atoms with van der Waals surface area (Å²) in [5, 5.41) is 9.08. The van der Waals surface area contributed by atoms with Gasteiger partial charge in [-0.25, -0.2) is 0 Å². The predicted molar refractivity (Wildman–Crippen MR) is 120 cm³/mol. The molecule has 3 aromatic rings. The molecule has 0 spiro atoms. The van der Waals surface area contributed by atoms with Gasteiger partial charge in [0.15, 0.2) is 0 Å². The number of nitrogens with one attached hydrogen (secondary N) is 3. The van der Waals surface area contributed by atoms with Gasteiger partial charge in [0.1, 0.15) is 0 Å². The molecule has 5 heteroatoms. The predicted octanol–water partition coefficient (Wildman–Crippen LogP) is 4.22. The van der Waals surface area contributed by atoms with E-state index in [1.807, 2.05) is 60.7 Å². The minimum atomic E-state index is -0.159. The van der Waals surface area contributed by atoms with Gasteiger partial charge in [0.05, 0.1) is 12.1 Å². The van der Waals surface area contributed by atoms with Gasteiger partial charge in [-0.3, -0.25) is 9.59 Å². The molecule has 3 N–H and O–H groups in total. The number of rotatable bonds is 8. The third-order valence-corrected chi connectivity index (χ3v) is 5.05. The van der Waals surface area contributed by atoms with E-state index in [-0.39, 0.29) is 24.4 Å². The lowest BCUT2D eigenvalue weighted by atomic mass is 10.0. The van der Waals surface area contributed by atoms with E-state index < -0.39 is 0 Å². The first-order chi connectivity index (χ1) is 14.7. The maximum absolute atomic E-state index is 12.6. The summed E-state index contributed by atoms with van der Waals surface area (Å²) in [5.41, 5.74) is 4.26. The lowest BCUT2D eigenvalue weighted by Crippen LogP contribution is -2.27. The van der Waals surface area contributed by atoms with E-state index in [1.165, 1.54) is 5.56 Å². The van der Waals surface area contributed by atoms with Gasteiger partial charge in [0.25, 0.3) is 5.91 Å². The van der Waals surface area contributed by atoms with Gasteiger partial charge < -0.3 is 16.0 Å². The second kappa shape index (κ2) is 9.27. The topological polar surface area (TPSA) is 70.2 Å². The summed E-state index contributed by atoms with van der Waals surface area (Å²) in [6, 6.07) is 25.5. The van der Waals surface area contributed by atoms with E-state index in [9.17, 15) is 9.59 Å². The van der Waals surface area contributed by atoms with Gasteiger partial charge in [-0.05, 0) is 48.6 Å². The van der Waals surface area contributed by atoms with E-state index in [0.717, 1.165) is 30.5 Å². The van der Waals surface area contributed by atoms with E-state index in [1.54, 1.807) is 6.07 Å². The standard InChI is InChI=1S/C25H25N3O2/c29-24(17-26-23-13-7-5-11-21(23)25(30)27-20-14-15-20)28-22-12-6-4-10-19(22)16-18-8-2-1-3-9-18/h1-13,20,26H,14-17H2,(H,27,30)(H,28,29). The van der Waals surface area contributed by atoms with Crippen LogP contribution in [0.5, 0.6) is 0 Å². The quantitative estimate of drug-likeness (QED) is 0.531. The number of hydrogen-bond donors (Lipinski definition) is 3. The maximum atomic E-state index is 12.6. The number of anilines is 2. The van der Waals surface area contributed by atoms with Crippen molar-refractivity contribution in [3.63, 3.8) is 0 Å². The van der Waals surface area contributed by atoms with Crippen LogP contribution in [-0.4, -0.2) is 24.4 Å². The second-order valence-electron chi connectivity index (χ2n) is 7.51. The van der Waals surface area contributed by atoms with Crippen LogP contribution in [0.1, 0.15) is 34.3 Å². The highest BCUT2D eigenvalue weighted by molar-refractivity contribution is 6.01. The first kappa shape index (κ1) is 19.7. The molecule has 3 aromatic carbocycles. The zero-order chi connectivity index (χ0) is 20.8. The van der Waals surface area contributed by atoms with Crippen LogP contribution >= 0.6 is 0 Å². The molecule has 5 nitrogen and oxygen atoms in total. The number of para-hydroxylation sites is 2. The Balaban J connectivity index is 1.39. The molecule has 0 aliphatic heterocycles. The van der Waals surface area contributed by atoms with Crippen LogP contribution in [0.15, 0.2) is 78.9 Å². The van der Waals surface area contributed by atoms with Gasteiger partial charge in [0.2, 0.25) is 5.91 Å². The van der Waals surface area contributed by atoms with Crippen LogP contribution in [0.4, 0.5) is 11.4 Å². The summed E-state index contributed by atoms with van der Waals surface area (Å²) in [6.45, 7) is 0.0768. The van der Waals surface area contributed by atoms with Gasteiger partial charge >= 0.3 is 0 Å². The van der Waals surface area contributed by atoms with Crippen LogP contribution in [-0.2, 0) is 11.2 Å². The van der Waals surface area contributed by atoms with Crippen LogP contribution < -0.4 is 16.0 Å². The Hall–Kier alpha value is -3.60. The molecule has 30 heavy (non-hydrogen) atoms. The molecule has 0 saturated heterocycles. The van der Waals surface area contributed by atoms with Gasteiger partial charge in [-0.15, -0.1) is 0 Å². The van der Waals surface area contributed by atoms with E-state index in [0.29, 0.717) is 11.3 Å². The fourth-order valence-electron chi connectivity index (χ4n) is 3.31. The van der Waals surface area contributed by atoms with Crippen molar-refractivity contribution < 1.29 is 9.59 Å². The van der Waals surface area contributed by atoms with Gasteiger partial charge in [0, 0.05) is 17.4 Å². The monoisotopic (exact) mass is 399 g/mol. The Morgan fingerprint density at radius 2 is 1.47 bits per heavy atom. The molecule has 1 fully saturated rings. The molecule has 1 saturated carbocycles. The molecule has 0 atom stereocenters. The zero-order valence-corrected chi connectivity index (χ0v) is 16.7. The molecule has 1 aliphatic rings. The minimum absolute atomic E-state index is 0.0768. The molecule has 0 bridgehead atoms. The molecule has 0 aromatic heterocycles. The Bertz CT molecular complexity index is 1030. The molecule has 2 amide bonds. The molecule has 0 radical (unpaired) electrons. The lowest BCUT2D eigenvalue weighted by molar-refractivity contribution is -0.114. The van der Waals surface area contributed by atoms with Crippen molar-refractivity contribution >= 4 is 23.2 Å². The summed E-state index contributed by atoms with van der Waals surface area (Å²) < 4.78 is 0. The zero-order valence-electron chi connectivity index (χ0n) is 16.7. The first-order valence-corrected chi connectivity index (χ1v) is 10.2. The average Bonchev–Trinajstić information content (AvgIpc) is 3.58. The molecular weight excluding hydrogens is 374 g/mol. The van der Waals surface area contributed by atoms with Crippen LogP contribution in [0.2, 0.25) is 0 Å². The third-order valence-electron chi connectivity index (χ3n) is 5.05. The van der Waals surface area contributed by atoms with Gasteiger partial charge in [-0.1, -0.05) is 60.7 Å². The molecular formula is C25H25N3O2. The minimum Gasteiger partial charge on any atom is -0.376 e. The van der Waals surface area contributed by atoms with E-state index >= 15 is 0 Å². The number of carbonyl (C=O) groups excluding carboxylic acids is 2. The molecule has 0 heterocycles. The van der Waals surface area contributed by atoms with Crippen LogP contribution in [0.25, 0.3) is 0 Å². The Morgan fingerprint density at radius 3 is 2.23 bits per heavy atom. The largest absolute Gasteiger partial charge is 0.376 e. The van der Waals surface area contributed by atoms with E-state index in [2.05, 4.69) is 28.1 Å². The number of carbonyl (C=O) groups is 2. The fraction of sp³-hybridized carbons (Fsp3) is 0.200. The number of hydrogen-bond acceptors (Lipinski definition) is 3.